The number of carboxylic acids is 1. The number of carbonyl (C=O) groups is 2. The molecule has 0 spiro atoms. The van der Waals surface area contributed by atoms with Gasteiger partial charge >= 0.3 is 5.97 Å². The average molecular weight is 278 g/mol. The Balaban J connectivity index is 1.96. The Kier molecular flexibility index (Phi) is 4.70. The van der Waals surface area contributed by atoms with E-state index in [1.165, 1.54) is 0 Å². The molecule has 1 saturated heterocycles. The first-order valence-electron chi connectivity index (χ1n) is 6.46. The molecule has 0 bridgehead atoms. The number of methoxy groups -OCH3 is 1. The Bertz CT molecular complexity index is 504. The van der Waals surface area contributed by atoms with Crippen LogP contribution >= 0.6 is 0 Å². The number of amides is 1. The minimum absolute atomic E-state index is 0.0584. The van der Waals surface area contributed by atoms with Gasteiger partial charge in [0.05, 0.1) is 18.6 Å². The van der Waals surface area contributed by atoms with Crippen molar-refractivity contribution in [2.45, 2.75) is 25.0 Å². The highest BCUT2D eigenvalue weighted by atomic mass is 16.5. The monoisotopic (exact) mass is 278 g/mol. The average Bonchev–Trinajstić information content (AvgIpc) is 2.87. The summed E-state index contributed by atoms with van der Waals surface area (Å²) in [5.74, 6) is -1.02. The van der Waals surface area contributed by atoms with Crippen LogP contribution in [0.2, 0.25) is 0 Å². The molecular weight excluding hydrogens is 260 g/mol. The van der Waals surface area contributed by atoms with Gasteiger partial charge in [0, 0.05) is 19.3 Å². The largest absolute Gasteiger partial charge is 0.481 e. The van der Waals surface area contributed by atoms with E-state index in [0.717, 1.165) is 0 Å². The molecule has 2 unspecified atom stereocenters. The van der Waals surface area contributed by atoms with E-state index in [9.17, 15) is 9.59 Å². The predicted octanol–water partition coefficient (Wildman–Crippen LogP) is 0.629. The van der Waals surface area contributed by atoms with Crippen LogP contribution < -0.4 is 10.6 Å². The van der Waals surface area contributed by atoms with E-state index >= 15 is 0 Å². The van der Waals surface area contributed by atoms with Crippen LogP contribution in [0.3, 0.4) is 0 Å². The number of anilines is 1. The van der Waals surface area contributed by atoms with Crippen molar-refractivity contribution in [1.82, 2.24) is 5.32 Å². The number of carboxylic acid groups (broad SMARTS) is 1. The van der Waals surface area contributed by atoms with Crippen LogP contribution in [-0.4, -0.2) is 42.8 Å². The summed E-state index contributed by atoms with van der Waals surface area (Å²) in [7, 11) is 1.63. The van der Waals surface area contributed by atoms with Crippen molar-refractivity contribution in [3.05, 3.63) is 29.8 Å². The highest BCUT2D eigenvalue weighted by Gasteiger charge is 2.29. The van der Waals surface area contributed by atoms with Crippen molar-refractivity contribution in [3.8, 4) is 0 Å². The highest BCUT2D eigenvalue weighted by molar-refractivity contribution is 5.95. The molecule has 20 heavy (non-hydrogen) atoms. The summed E-state index contributed by atoms with van der Waals surface area (Å²) in [6.45, 7) is 0.660. The van der Waals surface area contributed by atoms with Crippen LogP contribution in [0, 0.1) is 0 Å². The highest BCUT2D eigenvalue weighted by Crippen LogP contribution is 2.15. The van der Waals surface area contributed by atoms with Crippen molar-refractivity contribution in [2.24, 2.45) is 0 Å². The molecule has 0 saturated carbocycles. The van der Waals surface area contributed by atoms with Gasteiger partial charge in [-0.2, -0.15) is 0 Å². The molecule has 1 aromatic carbocycles. The third-order valence-corrected chi connectivity index (χ3v) is 3.29. The van der Waals surface area contributed by atoms with E-state index in [1.807, 2.05) is 0 Å². The van der Waals surface area contributed by atoms with E-state index in [0.29, 0.717) is 24.2 Å². The molecule has 0 aliphatic carbocycles. The fourth-order valence-electron chi connectivity index (χ4n) is 2.25. The van der Waals surface area contributed by atoms with Crippen LogP contribution in [-0.2, 0) is 20.7 Å². The van der Waals surface area contributed by atoms with E-state index in [4.69, 9.17) is 9.84 Å². The summed E-state index contributed by atoms with van der Waals surface area (Å²) in [5, 5.41) is 14.6. The Labute approximate surface area is 117 Å². The van der Waals surface area contributed by atoms with Gasteiger partial charge in [-0.3, -0.25) is 9.59 Å². The van der Waals surface area contributed by atoms with Crippen LogP contribution in [0.5, 0.6) is 0 Å². The molecule has 1 fully saturated rings. The third kappa shape index (κ3) is 3.79. The predicted molar refractivity (Wildman–Crippen MR) is 73.6 cm³/mol. The molecule has 0 radical (unpaired) electrons. The zero-order chi connectivity index (χ0) is 14.5. The maximum Gasteiger partial charge on any atom is 0.307 e. The van der Waals surface area contributed by atoms with E-state index < -0.39 is 5.97 Å². The lowest BCUT2D eigenvalue weighted by atomic mass is 10.1. The van der Waals surface area contributed by atoms with Gasteiger partial charge in [0.1, 0.15) is 0 Å². The zero-order valence-electron chi connectivity index (χ0n) is 11.3. The van der Waals surface area contributed by atoms with Crippen LogP contribution in [0.15, 0.2) is 24.3 Å². The minimum Gasteiger partial charge on any atom is -0.481 e. The number of ether oxygens (including phenoxy) is 1. The number of rotatable bonds is 5. The second-order valence-corrected chi connectivity index (χ2v) is 4.81. The maximum atomic E-state index is 12.1. The lowest BCUT2D eigenvalue weighted by Crippen LogP contribution is -2.35. The molecule has 1 amide bonds. The quantitative estimate of drug-likeness (QED) is 0.735. The Morgan fingerprint density at radius 2 is 2.30 bits per heavy atom. The molecule has 1 aliphatic heterocycles. The summed E-state index contributed by atoms with van der Waals surface area (Å²) in [5.41, 5.74) is 1.26. The molecule has 0 aromatic heterocycles. The maximum absolute atomic E-state index is 12.1. The van der Waals surface area contributed by atoms with Crippen LogP contribution in [0.1, 0.15) is 12.0 Å². The third-order valence-electron chi connectivity index (χ3n) is 3.29. The molecule has 1 aliphatic rings. The zero-order valence-corrected chi connectivity index (χ0v) is 11.3. The number of nitrogens with one attached hydrogen (secondary N) is 2. The number of hydrogen-bond donors (Lipinski definition) is 3. The fourth-order valence-corrected chi connectivity index (χ4v) is 2.25. The minimum atomic E-state index is -0.895. The van der Waals surface area contributed by atoms with Crippen molar-refractivity contribution in [3.63, 3.8) is 0 Å². The Morgan fingerprint density at radius 3 is 2.95 bits per heavy atom. The van der Waals surface area contributed by atoms with E-state index in [1.54, 1.807) is 31.4 Å². The van der Waals surface area contributed by atoms with E-state index in [-0.39, 0.29) is 24.5 Å². The first-order valence-corrected chi connectivity index (χ1v) is 6.46. The standard InChI is InChI=1S/C14H18N2O4/c1-20-11-7-12(15-8-11)14(19)16-10-4-2-3-9(5-10)6-13(17)18/h2-5,11-12,15H,6-8H2,1H3,(H,16,19)(H,17,18). The van der Waals surface area contributed by atoms with Crippen molar-refractivity contribution in [2.75, 3.05) is 19.0 Å². The summed E-state index contributed by atoms with van der Waals surface area (Å²) in [6.07, 6.45) is 0.637. The summed E-state index contributed by atoms with van der Waals surface area (Å²) in [6, 6.07) is 6.59. The SMILES string of the molecule is COC1CNC(C(=O)Nc2cccc(CC(=O)O)c2)C1. The van der Waals surface area contributed by atoms with Gasteiger partial charge in [0.25, 0.3) is 0 Å². The molecule has 6 nitrogen and oxygen atoms in total. The topological polar surface area (TPSA) is 87.7 Å². The Morgan fingerprint density at radius 1 is 1.50 bits per heavy atom. The van der Waals surface area contributed by atoms with Crippen molar-refractivity contribution >= 4 is 17.6 Å². The van der Waals surface area contributed by atoms with Gasteiger partial charge in [-0.05, 0) is 24.1 Å². The van der Waals surface area contributed by atoms with E-state index in [2.05, 4.69) is 10.6 Å². The molecule has 2 atom stereocenters. The summed E-state index contributed by atoms with van der Waals surface area (Å²) >= 11 is 0. The first kappa shape index (κ1) is 14.5. The first-order chi connectivity index (χ1) is 9.58. The van der Waals surface area contributed by atoms with Crippen LogP contribution in [0.4, 0.5) is 5.69 Å². The number of carbonyl (C=O) groups excluding carboxylic acids is 1. The lowest BCUT2D eigenvalue weighted by molar-refractivity contribution is -0.136. The summed E-state index contributed by atoms with van der Waals surface area (Å²) in [4.78, 5) is 22.7. The second kappa shape index (κ2) is 6.49. The lowest BCUT2D eigenvalue weighted by Gasteiger charge is -2.12. The van der Waals surface area contributed by atoms with Crippen LogP contribution in [0.25, 0.3) is 0 Å². The van der Waals surface area contributed by atoms with Gasteiger partial charge in [-0.1, -0.05) is 12.1 Å². The van der Waals surface area contributed by atoms with Gasteiger partial charge in [-0.25, -0.2) is 0 Å². The van der Waals surface area contributed by atoms with Crippen molar-refractivity contribution < 1.29 is 19.4 Å². The molecule has 108 valence electrons. The second-order valence-electron chi connectivity index (χ2n) is 4.81. The fraction of sp³-hybridized carbons (Fsp3) is 0.429. The smallest absolute Gasteiger partial charge is 0.307 e. The van der Waals surface area contributed by atoms with Gasteiger partial charge in [0.2, 0.25) is 5.91 Å². The molecule has 6 heteroatoms. The number of aliphatic carboxylic acids is 1. The molecule has 3 N–H and O–H groups in total. The number of benzene rings is 1. The molecule has 1 aromatic rings. The molecule has 2 rings (SSSR count). The molecular formula is C14H18N2O4. The van der Waals surface area contributed by atoms with Gasteiger partial charge in [0.15, 0.2) is 0 Å². The number of hydrogen-bond acceptors (Lipinski definition) is 4. The van der Waals surface area contributed by atoms with Gasteiger partial charge < -0.3 is 20.5 Å². The molecule has 1 heterocycles. The summed E-state index contributed by atoms with van der Waals surface area (Å²) < 4.78 is 5.20. The normalized spacial score (nSPS) is 21.6. The Hall–Kier alpha value is -1.92. The van der Waals surface area contributed by atoms with Crippen molar-refractivity contribution in [1.29, 1.82) is 0 Å². The van der Waals surface area contributed by atoms with Gasteiger partial charge in [-0.15, -0.1) is 0 Å².